The number of benzene rings is 1. The first-order valence-electron chi connectivity index (χ1n) is 7.80. The Bertz CT molecular complexity index is 463. The van der Waals surface area contributed by atoms with Gasteiger partial charge in [0.1, 0.15) is 5.75 Å². The normalized spacial score (nSPS) is 20.5. The molecule has 0 aromatic heterocycles. The number of likely N-dealkylation sites (tertiary alicyclic amines) is 1. The van der Waals surface area contributed by atoms with Gasteiger partial charge in [-0.05, 0) is 52.0 Å². The first kappa shape index (κ1) is 16.1. The fourth-order valence-corrected chi connectivity index (χ4v) is 3.28. The average Bonchev–Trinajstić information content (AvgIpc) is 2.90. The molecule has 4 heteroatoms. The lowest BCUT2D eigenvalue weighted by Gasteiger charge is -2.28. The number of nitrogens with zero attached hydrogens (tertiary/aromatic N) is 2. The van der Waals surface area contributed by atoms with Crippen molar-refractivity contribution in [1.29, 1.82) is 0 Å². The number of methoxy groups -OCH3 is 1. The number of ether oxygens (including phenoxy) is 1. The lowest BCUT2D eigenvalue weighted by atomic mass is 10.0. The summed E-state index contributed by atoms with van der Waals surface area (Å²) in [7, 11) is 8.14. The molecule has 4 nitrogen and oxygen atoms in total. The predicted octanol–water partition coefficient (Wildman–Crippen LogP) is 2.36. The molecule has 1 aromatic rings. The summed E-state index contributed by atoms with van der Waals surface area (Å²) in [5.41, 5.74) is 2.52. The van der Waals surface area contributed by atoms with Crippen molar-refractivity contribution in [1.82, 2.24) is 10.2 Å². The van der Waals surface area contributed by atoms with Crippen LogP contribution in [0.3, 0.4) is 0 Å². The van der Waals surface area contributed by atoms with Gasteiger partial charge in [-0.15, -0.1) is 0 Å². The number of hydrogen-bond acceptors (Lipinski definition) is 4. The quantitative estimate of drug-likeness (QED) is 0.871. The SMILES string of the molecule is CNC(C)c1c(OC)cccc1N(C)CC1CCN(C)C1. The van der Waals surface area contributed by atoms with Gasteiger partial charge in [0.05, 0.1) is 7.11 Å². The zero-order chi connectivity index (χ0) is 15.4. The van der Waals surface area contributed by atoms with Crippen LogP contribution in [0.1, 0.15) is 24.9 Å². The molecular formula is C17H29N3O. The molecule has 0 bridgehead atoms. The number of hydrogen-bond donors (Lipinski definition) is 1. The van der Waals surface area contributed by atoms with Crippen LogP contribution in [0.15, 0.2) is 18.2 Å². The Morgan fingerprint density at radius 3 is 2.81 bits per heavy atom. The zero-order valence-electron chi connectivity index (χ0n) is 14.0. The van der Waals surface area contributed by atoms with E-state index in [-0.39, 0.29) is 6.04 Å². The standard InChI is InChI=1S/C17H29N3O/c1-13(18-2)17-15(7-6-8-16(17)21-5)20(4)12-14-9-10-19(3)11-14/h6-8,13-14,18H,9-12H2,1-5H3. The van der Waals surface area contributed by atoms with Crippen molar-refractivity contribution < 1.29 is 4.74 Å². The lowest BCUT2D eigenvalue weighted by Crippen LogP contribution is -2.29. The van der Waals surface area contributed by atoms with Crippen molar-refractivity contribution in [3.05, 3.63) is 23.8 Å². The topological polar surface area (TPSA) is 27.7 Å². The molecule has 0 saturated carbocycles. The minimum absolute atomic E-state index is 0.268. The third kappa shape index (κ3) is 3.69. The van der Waals surface area contributed by atoms with Crippen molar-refractivity contribution in [2.45, 2.75) is 19.4 Å². The summed E-state index contributed by atoms with van der Waals surface area (Å²) in [5.74, 6) is 1.72. The highest BCUT2D eigenvalue weighted by Gasteiger charge is 2.23. The summed E-state index contributed by atoms with van der Waals surface area (Å²) >= 11 is 0. The second kappa shape index (κ2) is 7.14. The van der Waals surface area contributed by atoms with Gasteiger partial charge in [0.2, 0.25) is 0 Å². The van der Waals surface area contributed by atoms with E-state index in [1.165, 1.54) is 30.8 Å². The Morgan fingerprint density at radius 2 is 2.24 bits per heavy atom. The smallest absolute Gasteiger partial charge is 0.125 e. The second-order valence-corrected chi connectivity index (χ2v) is 6.20. The maximum absolute atomic E-state index is 5.57. The van der Waals surface area contributed by atoms with Crippen LogP contribution in [0.2, 0.25) is 0 Å². The van der Waals surface area contributed by atoms with Gasteiger partial charge in [-0.25, -0.2) is 0 Å². The molecule has 1 aliphatic heterocycles. The van der Waals surface area contributed by atoms with Gasteiger partial charge in [-0.1, -0.05) is 6.07 Å². The fourth-order valence-electron chi connectivity index (χ4n) is 3.28. The third-order valence-electron chi connectivity index (χ3n) is 4.56. The molecule has 1 aromatic carbocycles. The number of rotatable bonds is 6. The molecule has 1 N–H and O–H groups in total. The largest absolute Gasteiger partial charge is 0.496 e. The van der Waals surface area contributed by atoms with Gasteiger partial charge in [0.25, 0.3) is 0 Å². The summed E-state index contributed by atoms with van der Waals surface area (Å²) in [4.78, 5) is 4.80. The van der Waals surface area contributed by atoms with Crippen molar-refractivity contribution in [2.75, 3.05) is 52.8 Å². The Labute approximate surface area is 129 Å². The van der Waals surface area contributed by atoms with Crippen LogP contribution in [-0.2, 0) is 0 Å². The van der Waals surface area contributed by atoms with E-state index in [1.807, 2.05) is 13.1 Å². The molecule has 1 fully saturated rings. The van der Waals surface area contributed by atoms with Gasteiger partial charge >= 0.3 is 0 Å². The Balaban J connectivity index is 2.21. The van der Waals surface area contributed by atoms with E-state index in [0.717, 1.165) is 18.2 Å². The zero-order valence-corrected chi connectivity index (χ0v) is 14.0. The van der Waals surface area contributed by atoms with Crippen LogP contribution in [0.4, 0.5) is 5.69 Å². The summed E-state index contributed by atoms with van der Waals surface area (Å²) in [6.07, 6.45) is 1.29. The number of nitrogens with one attached hydrogen (secondary N) is 1. The first-order valence-corrected chi connectivity index (χ1v) is 7.80. The molecule has 1 aliphatic rings. The molecule has 1 heterocycles. The molecule has 2 unspecified atom stereocenters. The number of anilines is 1. The Morgan fingerprint density at radius 1 is 1.48 bits per heavy atom. The van der Waals surface area contributed by atoms with Crippen molar-refractivity contribution in [3.63, 3.8) is 0 Å². The van der Waals surface area contributed by atoms with Crippen LogP contribution in [0.5, 0.6) is 5.75 Å². The van der Waals surface area contributed by atoms with Crippen molar-refractivity contribution >= 4 is 5.69 Å². The van der Waals surface area contributed by atoms with E-state index in [1.54, 1.807) is 7.11 Å². The highest BCUT2D eigenvalue weighted by molar-refractivity contribution is 5.60. The molecule has 0 amide bonds. The first-order chi connectivity index (χ1) is 10.1. The van der Waals surface area contributed by atoms with Gasteiger partial charge < -0.3 is 19.9 Å². The van der Waals surface area contributed by atoms with E-state index >= 15 is 0 Å². The molecule has 21 heavy (non-hydrogen) atoms. The van der Waals surface area contributed by atoms with Crippen LogP contribution in [-0.4, -0.2) is 52.8 Å². The second-order valence-electron chi connectivity index (χ2n) is 6.20. The molecule has 2 atom stereocenters. The summed E-state index contributed by atoms with van der Waals surface area (Å²) in [5, 5.41) is 3.34. The van der Waals surface area contributed by atoms with Crippen molar-refractivity contribution in [2.24, 2.45) is 5.92 Å². The Hall–Kier alpha value is -1.26. The molecule has 118 valence electrons. The van der Waals surface area contributed by atoms with E-state index < -0.39 is 0 Å². The van der Waals surface area contributed by atoms with E-state index in [2.05, 4.69) is 48.3 Å². The molecular weight excluding hydrogens is 262 g/mol. The average molecular weight is 291 g/mol. The van der Waals surface area contributed by atoms with Crippen molar-refractivity contribution in [3.8, 4) is 5.75 Å². The van der Waals surface area contributed by atoms with Crippen LogP contribution < -0.4 is 15.0 Å². The monoisotopic (exact) mass is 291 g/mol. The minimum Gasteiger partial charge on any atom is -0.496 e. The molecule has 0 radical (unpaired) electrons. The van der Waals surface area contributed by atoms with Crippen LogP contribution in [0, 0.1) is 5.92 Å². The van der Waals surface area contributed by atoms with Gasteiger partial charge in [0, 0.05) is 37.4 Å². The van der Waals surface area contributed by atoms with E-state index in [9.17, 15) is 0 Å². The summed E-state index contributed by atoms with van der Waals surface area (Å²) in [6.45, 7) is 5.70. The minimum atomic E-state index is 0.268. The highest BCUT2D eigenvalue weighted by Crippen LogP contribution is 2.34. The van der Waals surface area contributed by atoms with Crippen LogP contribution in [0.25, 0.3) is 0 Å². The van der Waals surface area contributed by atoms with Gasteiger partial charge in [-0.3, -0.25) is 0 Å². The van der Waals surface area contributed by atoms with Crippen LogP contribution >= 0.6 is 0 Å². The molecule has 1 saturated heterocycles. The lowest BCUT2D eigenvalue weighted by molar-refractivity contribution is 0.395. The molecule has 2 rings (SSSR count). The highest BCUT2D eigenvalue weighted by atomic mass is 16.5. The van der Waals surface area contributed by atoms with E-state index in [4.69, 9.17) is 4.74 Å². The Kier molecular flexibility index (Phi) is 5.48. The molecule has 0 spiro atoms. The summed E-state index contributed by atoms with van der Waals surface area (Å²) in [6, 6.07) is 6.59. The maximum atomic E-state index is 5.57. The third-order valence-corrected chi connectivity index (χ3v) is 4.56. The van der Waals surface area contributed by atoms with Gasteiger partial charge in [-0.2, -0.15) is 0 Å². The fraction of sp³-hybridized carbons (Fsp3) is 0.647. The maximum Gasteiger partial charge on any atom is 0.125 e. The summed E-state index contributed by atoms with van der Waals surface area (Å²) < 4.78 is 5.57. The van der Waals surface area contributed by atoms with E-state index in [0.29, 0.717) is 0 Å². The predicted molar refractivity (Wildman–Crippen MR) is 89.3 cm³/mol. The van der Waals surface area contributed by atoms with Gasteiger partial charge in [0.15, 0.2) is 0 Å². The molecule has 0 aliphatic carbocycles.